The SMILES string of the molecule is COCC1C(CC(F)(F)F)CCNC(C)CNCCNC2CCCN1C2. The van der Waals surface area contributed by atoms with Crippen LogP contribution >= 0.6 is 0 Å². The highest BCUT2D eigenvalue weighted by Crippen LogP contribution is 2.31. The molecule has 0 aromatic heterocycles. The van der Waals surface area contributed by atoms with Crippen molar-refractivity contribution in [3.05, 3.63) is 0 Å². The molecule has 26 heavy (non-hydrogen) atoms. The second-order valence-electron chi connectivity index (χ2n) is 7.74. The van der Waals surface area contributed by atoms with E-state index in [0.29, 0.717) is 25.6 Å². The van der Waals surface area contributed by atoms with E-state index in [0.717, 1.165) is 45.6 Å². The minimum Gasteiger partial charge on any atom is -0.383 e. The summed E-state index contributed by atoms with van der Waals surface area (Å²) in [5.41, 5.74) is 0. The van der Waals surface area contributed by atoms with Gasteiger partial charge in [0, 0.05) is 57.8 Å². The number of nitrogens with one attached hydrogen (secondary N) is 3. The first kappa shape index (κ1) is 21.9. The Morgan fingerprint density at radius 2 is 1.92 bits per heavy atom. The highest BCUT2D eigenvalue weighted by Gasteiger charge is 2.38. The van der Waals surface area contributed by atoms with Gasteiger partial charge in [0.15, 0.2) is 0 Å². The van der Waals surface area contributed by atoms with E-state index in [9.17, 15) is 13.2 Å². The molecule has 3 N–H and O–H groups in total. The third kappa shape index (κ3) is 7.68. The Morgan fingerprint density at radius 1 is 1.12 bits per heavy atom. The Morgan fingerprint density at radius 3 is 2.65 bits per heavy atom. The second-order valence-corrected chi connectivity index (χ2v) is 7.74. The summed E-state index contributed by atoms with van der Waals surface area (Å²) in [6.07, 6.45) is -2.30. The van der Waals surface area contributed by atoms with E-state index in [2.05, 4.69) is 27.8 Å². The molecule has 2 aliphatic heterocycles. The normalized spacial score (nSPS) is 35.7. The van der Waals surface area contributed by atoms with E-state index in [1.807, 2.05) is 0 Å². The number of hydrogen-bond acceptors (Lipinski definition) is 5. The van der Waals surface area contributed by atoms with Crippen molar-refractivity contribution in [2.24, 2.45) is 5.92 Å². The summed E-state index contributed by atoms with van der Waals surface area (Å²) < 4.78 is 45.0. The van der Waals surface area contributed by atoms with Gasteiger partial charge in [-0.15, -0.1) is 0 Å². The lowest BCUT2D eigenvalue weighted by atomic mass is 9.89. The third-order valence-corrected chi connectivity index (χ3v) is 5.49. The van der Waals surface area contributed by atoms with Gasteiger partial charge in [0.25, 0.3) is 0 Å². The fraction of sp³-hybridized carbons (Fsp3) is 1.00. The monoisotopic (exact) mass is 380 g/mol. The molecule has 0 amide bonds. The average molecular weight is 380 g/mol. The van der Waals surface area contributed by atoms with Crippen molar-refractivity contribution in [3.8, 4) is 0 Å². The zero-order valence-electron chi connectivity index (χ0n) is 16.1. The molecule has 0 aromatic rings. The van der Waals surface area contributed by atoms with Crippen LogP contribution in [0.2, 0.25) is 0 Å². The van der Waals surface area contributed by atoms with Crippen LogP contribution in [-0.4, -0.2) is 82.2 Å². The van der Waals surface area contributed by atoms with E-state index in [1.165, 1.54) is 0 Å². The van der Waals surface area contributed by atoms with E-state index in [1.54, 1.807) is 7.11 Å². The van der Waals surface area contributed by atoms with Crippen LogP contribution in [0.5, 0.6) is 0 Å². The number of hydrogen-bond donors (Lipinski definition) is 3. The summed E-state index contributed by atoms with van der Waals surface area (Å²) in [5.74, 6) is -0.454. The van der Waals surface area contributed by atoms with Crippen LogP contribution in [0.4, 0.5) is 13.2 Å². The number of rotatable bonds is 3. The lowest BCUT2D eigenvalue weighted by Gasteiger charge is -2.42. The van der Waals surface area contributed by atoms with Gasteiger partial charge >= 0.3 is 6.18 Å². The number of methoxy groups -OCH3 is 1. The second kappa shape index (κ2) is 10.8. The van der Waals surface area contributed by atoms with Gasteiger partial charge < -0.3 is 20.7 Å². The summed E-state index contributed by atoms with van der Waals surface area (Å²) in [6.45, 7) is 7.27. The van der Waals surface area contributed by atoms with Gasteiger partial charge in [0.2, 0.25) is 0 Å². The number of halogens is 3. The summed E-state index contributed by atoms with van der Waals surface area (Å²) in [5, 5.41) is 10.3. The Balaban J connectivity index is 2.13. The van der Waals surface area contributed by atoms with Crippen LogP contribution in [0.1, 0.15) is 32.6 Å². The molecule has 2 bridgehead atoms. The van der Waals surface area contributed by atoms with Gasteiger partial charge in [-0.3, -0.25) is 4.90 Å². The molecule has 0 aromatic carbocycles. The molecule has 2 rings (SSSR count). The molecule has 8 heteroatoms. The maximum Gasteiger partial charge on any atom is 0.389 e. The van der Waals surface area contributed by atoms with Crippen LogP contribution in [0.3, 0.4) is 0 Å². The molecule has 2 fully saturated rings. The number of alkyl halides is 3. The first-order chi connectivity index (χ1) is 12.4. The van der Waals surface area contributed by atoms with Crippen molar-refractivity contribution in [3.63, 3.8) is 0 Å². The number of piperidine rings is 1. The minimum atomic E-state index is -4.15. The molecule has 5 atom stereocenters. The topological polar surface area (TPSA) is 48.6 Å². The molecule has 0 saturated carbocycles. The van der Waals surface area contributed by atoms with Crippen LogP contribution in [0.15, 0.2) is 0 Å². The fourth-order valence-corrected chi connectivity index (χ4v) is 4.18. The molecule has 5 nitrogen and oxygen atoms in total. The summed E-state index contributed by atoms with van der Waals surface area (Å²) in [6, 6.07) is 0.393. The van der Waals surface area contributed by atoms with Crippen molar-refractivity contribution in [2.75, 3.05) is 53.0 Å². The lowest BCUT2D eigenvalue weighted by molar-refractivity contribution is -0.152. The van der Waals surface area contributed by atoms with Gasteiger partial charge in [0.05, 0.1) is 6.61 Å². The van der Waals surface area contributed by atoms with E-state index < -0.39 is 18.5 Å². The zero-order valence-corrected chi connectivity index (χ0v) is 16.1. The highest BCUT2D eigenvalue weighted by molar-refractivity contribution is 4.88. The molecule has 0 spiro atoms. The van der Waals surface area contributed by atoms with Gasteiger partial charge in [-0.25, -0.2) is 0 Å². The van der Waals surface area contributed by atoms with Gasteiger partial charge in [-0.1, -0.05) is 0 Å². The summed E-state index contributed by atoms with van der Waals surface area (Å²) >= 11 is 0. The molecule has 154 valence electrons. The molecule has 2 aliphatic rings. The molecule has 5 unspecified atom stereocenters. The van der Waals surface area contributed by atoms with Crippen molar-refractivity contribution in [1.82, 2.24) is 20.9 Å². The standard InChI is InChI=1S/C18H35F3N4O/c1-14-11-22-7-8-24-16-4-3-9-25(12-16)17(13-26-2)15(5-6-23-14)10-18(19,20)21/h14-17,22-24H,3-13H2,1-2H3. The minimum absolute atomic E-state index is 0.190. The average Bonchev–Trinajstić information content (AvgIpc) is 2.57. The van der Waals surface area contributed by atoms with Gasteiger partial charge in [-0.05, 0) is 45.2 Å². The van der Waals surface area contributed by atoms with Crippen LogP contribution in [0.25, 0.3) is 0 Å². The predicted octanol–water partition coefficient (Wildman–Crippen LogP) is 1.60. The Labute approximate surface area is 155 Å². The quantitative estimate of drug-likeness (QED) is 0.694. The third-order valence-electron chi connectivity index (χ3n) is 5.49. The van der Waals surface area contributed by atoms with Gasteiger partial charge in [-0.2, -0.15) is 13.2 Å². The van der Waals surface area contributed by atoms with Crippen molar-refractivity contribution in [2.45, 2.75) is 56.9 Å². The molecule has 2 saturated heterocycles. The van der Waals surface area contributed by atoms with E-state index in [4.69, 9.17) is 4.74 Å². The Bertz CT molecular complexity index is 397. The van der Waals surface area contributed by atoms with Gasteiger partial charge in [0.1, 0.15) is 0 Å². The predicted molar refractivity (Wildman–Crippen MR) is 97.4 cm³/mol. The Hall–Kier alpha value is -0.410. The van der Waals surface area contributed by atoms with Crippen molar-refractivity contribution in [1.29, 1.82) is 0 Å². The van der Waals surface area contributed by atoms with E-state index >= 15 is 0 Å². The summed E-state index contributed by atoms with van der Waals surface area (Å²) in [4.78, 5) is 2.23. The molecular weight excluding hydrogens is 345 g/mol. The van der Waals surface area contributed by atoms with Crippen LogP contribution < -0.4 is 16.0 Å². The first-order valence-corrected chi connectivity index (χ1v) is 9.86. The summed E-state index contributed by atoms with van der Waals surface area (Å²) in [7, 11) is 1.58. The smallest absolute Gasteiger partial charge is 0.383 e. The molecule has 0 aliphatic carbocycles. The fourth-order valence-electron chi connectivity index (χ4n) is 4.18. The number of fused-ring (bicyclic) bond motifs is 2. The molecule has 2 heterocycles. The molecule has 0 radical (unpaired) electrons. The number of ether oxygens (including phenoxy) is 1. The van der Waals surface area contributed by atoms with E-state index in [-0.39, 0.29) is 12.1 Å². The maximum atomic E-state index is 13.2. The van der Waals surface area contributed by atoms with Crippen LogP contribution in [0, 0.1) is 5.92 Å². The largest absolute Gasteiger partial charge is 0.389 e. The first-order valence-electron chi connectivity index (χ1n) is 9.86. The highest BCUT2D eigenvalue weighted by atomic mass is 19.4. The number of nitrogens with zero attached hydrogens (tertiary/aromatic N) is 1. The maximum absolute atomic E-state index is 13.2. The van der Waals surface area contributed by atoms with Crippen LogP contribution in [-0.2, 0) is 4.74 Å². The van der Waals surface area contributed by atoms with Crippen molar-refractivity contribution >= 4 is 0 Å². The van der Waals surface area contributed by atoms with Crippen molar-refractivity contribution < 1.29 is 17.9 Å². The zero-order chi connectivity index (χ0) is 19.0. The lowest BCUT2D eigenvalue weighted by Crippen LogP contribution is -2.55. The Kier molecular flexibility index (Phi) is 9.09. The molecular formula is C18H35F3N4O.